The minimum atomic E-state index is 0.372. The van der Waals surface area contributed by atoms with E-state index < -0.39 is 0 Å². The highest BCUT2D eigenvalue weighted by atomic mass is 16.5. The molecule has 0 bridgehead atoms. The molecule has 0 spiro atoms. The van der Waals surface area contributed by atoms with Crippen molar-refractivity contribution in [3.63, 3.8) is 0 Å². The van der Waals surface area contributed by atoms with Crippen LogP contribution in [0.2, 0.25) is 0 Å². The Bertz CT molecular complexity index is 407. The van der Waals surface area contributed by atoms with Gasteiger partial charge in [-0.1, -0.05) is 51.1 Å². The fourth-order valence-electron chi connectivity index (χ4n) is 3.46. The molecule has 1 N–H and O–H groups in total. The first kappa shape index (κ1) is 16.5. The maximum Gasteiger partial charge on any atom is 0.0619 e. The smallest absolute Gasteiger partial charge is 0.0619 e. The Labute approximate surface area is 129 Å². The predicted molar refractivity (Wildman–Crippen MR) is 88.5 cm³/mol. The fourth-order valence-corrected chi connectivity index (χ4v) is 3.46. The molecule has 1 heterocycles. The lowest BCUT2D eigenvalue weighted by molar-refractivity contribution is -0.0408. The molecule has 21 heavy (non-hydrogen) atoms. The SMILES string of the molecule is CCNC(c1ccccc1)C(C(C)C)N1CCOCC1C. The summed E-state index contributed by atoms with van der Waals surface area (Å²) in [5, 5.41) is 3.72. The van der Waals surface area contributed by atoms with Gasteiger partial charge >= 0.3 is 0 Å². The maximum atomic E-state index is 5.63. The minimum Gasteiger partial charge on any atom is -0.379 e. The van der Waals surface area contributed by atoms with Crippen molar-refractivity contribution in [3.05, 3.63) is 35.9 Å². The fraction of sp³-hybridized carbons (Fsp3) is 0.667. The maximum absolute atomic E-state index is 5.63. The van der Waals surface area contributed by atoms with Crippen molar-refractivity contribution in [2.24, 2.45) is 5.92 Å². The van der Waals surface area contributed by atoms with Crippen LogP contribution >= 0.6 is 0 Å². The van der Waals surface area contributed by atoms with Crippen LogP contribution in [0.5, 0.6) is 0 Å². The molecule has 1 aromatic rings. The van der Waals surface area contributed by atoms with E-state index in [0.29, 0.717) is 24.0 Å². The number of hydrogen-bond acceptors (Lipinski definition) is 3. The summed E-state index contributed by atoms with van der Waals surface area (Å²) in [6.45, 7) is 12.8. The second-order valence-electron chi connectivity index (χ2n) is 6.34. The van der Waals surface area contributed by atoms with Gasteiger partial charge in [-0.05, 0) is 24.9 Å². The van der Waals surface area contributed by atoms with Gasteiger partial charge in [0, 0.05) is 24.7 Å². The normalized spacial score (nSPS) is 23.2. The summed E-state index contributed by atoms with van der Waals surface area (Å²) in [7, 11) is 0. The van der Waals surface area contributed by atoms with Crippen molar-refractivity contribution in [1.82, 2.24) is 10.2 Å². The van der Waals surface area contributed by atoms with Gasteiger partial charge in [0.2, 0.25) is 0 Å². The van der Waals surface area contributed by atoms with Crippen molar-refractivity contribution in [1.29, 1.82) is 0 Å². The molecule has 0 aromatic heterocycles. The molecule has 3 unspecified atom stereocenters. The van der Waals surface area contributed by atoms with Gasteiger partial charge in [-0.25, -0.2) is 0 Å². The standard InChI is InChI=1S/C18H30N2O/c1-5-19-17(16-9-7-6-8-10-16)18(14(2)3)20-11-12-21-13-15(20)4/h6-10,14-15,17-19H,5,11-13H2,1-4H3. The summed E-state index contributed by atoms with van der Waals surface area (Å²) in [6, 6.07) is 12.2. The van der Waals surface area contributed by atoms with Crippen LogP contribution in [-0.4, -0.2) is 43.3 Å². The Balaban J connectivity index is 2.28. The van der Waals surface area contributed by atoms with Crippen LogP contribution in [0, 0.1) is 5.92 Å². The molecule has 3 nitrogen and oxygen atoms in total. The minimum absolute atomic E-state index is 0.372. The quantitative estimate of drug-likeness (QED) is 0.871. The van der Waals surface area contributed by atoms with Gasteiger partial charge in [-0.3, -0.25) is 4.90 Å². The molecule has 0 radical (unpaired) electrons. The molecule has 3 heteroatoms. The zero-order valence-electron chi connectivity index (χ0n) is 13.9. The Kier molecular flexibility index (Phi) is 6.22. The van der Waals surface area contributed by atoms with Crippen LogP contribution in [-0.2, 0) is 4.74 Å². The molecule has 0 amide bonds. The van der Waals surface area contributed by atoms with Gasteiger partial charge in [0.05, 0.1) is 13.2 Å². The lowest BCUT2D eigenvalue weighted by atomic mass is 9.88. The third-order valence-electron chi connectivity index (χ3n) is 4.41. The van der Waals surface area contributed by atoms with Gasteiger partial charge in [-0.15, -0.1) is 0 Å². The van der Waals surface area contributed by atoms with Crippen molar-refractivity contribution >= 4 is 0 Å². The van der Waals surface area contributed by atoms with Gasteiger partial charge in [0.25, 0.3) is 0 Å². The van der Waals surface area contributed by atoms with Crippen molar-refractivity contribution in [2.75, 3.05) is 26.3 Å². The Hall–Kier alpha value is -0.900. The van der Waals surface area contributed by atoms with E-state index >= 15 is 0 Å². The molecule has 1 aromatic carbocycles. The first-order valence-corrected chi connectivity index (χ1v) is 8.27. The van der Waals surface area contributed by atoms with Crippen LogP contribution in [0.4, 0.5) is 0 Å². The van der Waals surface area contributed by atoms with Crippen LogP contribution in [0.15, 0.2) is 30.3 Å². The summed E-state index contributed by atoms with van der Waals surface area (Å²) in [4.78, 5) is 2.63. The molecular formula is C18H30N2O. The molecular weight excluding hydrogens is 260 g/mol. The zero-order chi connectivity index (χ0) is 15.2. The predicted octanol–water partition coefficient (Wildman–Crippen LogP) is 3.08. The molecule has 1 saturated heterocycles. The largest absolute Gasteiger partial charge is 0.379 e. The summed E-state index contributed by atoms with van der Waals surface area (Å²) < 4.78 is 5.63. The van der Waals surface area contributed by atoms with Gasteiger partial charge in [0.1, 0.15) is 0 Å². The lowest BCUT2D eigenvalue weighted by Gasteiger charge is -2.45. The van der Waals surface area contributed by atoms with Gasteiger partial charge < -0.3 is 10.1 Å². The van der Waals surface area contributed by atoms with Gasteiger partial charge in [-0.2, -0.15) is 0 Å². The highest BCUT2D eigenvalue weighted by Gasteiger charge is 2.34. The average Bonchev–Trinajstić information content (AvgIpc) is 2.49. The van der Waals surface area contributed by atoms with Gasteiger partial charge in [0.15, 0.2) is 0 Å². The topological polar surface area (TPSA) is 24.5 Å². The number of likely N-dealkylation sites (N-methyl/N-ethyl adjacent to an activating group) is 1. The zero-order valence-corrected chi connectivity index (χ0v) is 13.9. The van der Waals surface area contributed by atoms with Crippen LogP contribution < -0.4 is 5.32 Å². The summed E-state index contributed by atoms with van der Waals surface area (Å²) >= 11 is 0. The molecule has 1 aliphatic heterocycles. The van der Waals surface area contributed by atoms with E-state index in [4.69, 9.17) is 4.74 Å². The second kappa shape index (κ2) is 7.92. The number of rotatable bonds is 6. The number of nitrogens with zero attached hydrogens (tertiary/aromatic N) is 1. The van der Waals surface area contributed by atoms with Crippen LogP contribution in [0.1, 0.15) is 39.3 Å². The number of morpholine rings is 1. The molecule has 1 fully saturated rings. The number of hydrogen-bond donors (Lipinski definition) is 1. The van der Waals surface area contributed by atoms with Crippen molar-refractivity contribution in [3.8, 4) is 0 Å². The van der Waals surface area contributed by atoms with E-state index in [1.165, 1.54) is 5.56 Å². The Morgan fingerprint density at radius 2 is 2.00 bits per heavy atom. The summed E-state index contributed by atoms with van der Waals surface area (Å²) in [6.07, 6.45) is 0. The lowest BCUT2D eigenvalue weighted by Crippen LogP contribution is -2.55. The van der Waals surface area contributed by atoms with E-state index in [0.717, 1.165) is 26.3 Å². The monoisotopic (exact) mass is 290 g/mol. The number of ether oxygens (including phenoxy) is 1. The van der Waals surface area contributed by atoms with E-state index in [9.17, 15) is 0 Å². The van der Waals surface area contributed by atoms with Crippen LogP contribution in [0.3, 0.4) is 0 Å². The summed E-state index contributed by atoms with van der Waals surface area (Å²) in [5.74, 6) is 0.592. The average molecular weight is 290 g/mol. The molecule has 2 rings (SSSR count). The van der Waals surface area contributed by atoms with E-state index in [2.05, 4.69) is 68.2 Å². The van der Waals surface area contributed by atoms with E-state index in [1.807, 2.05) is 0 Å². The first-order chi connectivity index (χ1) is 10.1. The molecule has 1 aliphatic rings. The molecule has 118 valence electrons. The van der Waals surface area contributed by atoms with Crippen molar-refractivity contribution < 1.29 is 4.74 Å². The van der Waals surface area contributed by atoms with E-state index in [1.54, 1.807) is 0 Å². The molecule has 0 saturated carbocycles. The Morgan fingerprint density at radius 1 is 1.29 bits per heavy atom. The number of nitrogens with one attached hydrogen (secondary N) is 1. The highest BCUT2D eigenvalue weighted by molar-refractivity contribution is 5.21. The molecule has 0 aliphatic carbocycles. The first-order valence-electron chi connectivity index (χ1n) is 8.27. The number of benzene rings is 1. The highest BCUT2D eigenvalue weighted by Crippen LogP contribution is 2.29. The third kappa shape index (κ3) is 4.06. The Morgan fingerprint density at radius 3 is 2.57 bits per heavy atom. The van der Waals surface area contributed by atoms with Crippen molar-refractivity contribution in [2.45, 2.75) is 45.8 Å². The third-order valence-corrected chi connectivity index (χ3v) is 4.41. The second-order valence-corrected chi connectivity index (χ2v) is 6.34. The summed E-state index contributed by atoms with van der Waals surface area (Å²) in [5.41, 5.74) is 1.39. The van der Waals surface area contributed by atoms with Crippen LogP contribution in [0.25, 0.3) is 0 Å². The van der Waals surface area contributed by atoms with E-state index in [-0.39, 0.29) is 0 Å². The molecule has 3 atom stereocenters.